The zero-order chi connectivity index (χ0) is 32.7. The van der Waals surface area contributed by atoms with Crippen molar-refractivity contribution >= 4 is 41.5 Å². The molecule has 1 amide bonds. The summed E-state index contributed by atoms with van der Waals surface area (Å²) in [6, 6.07) is 25.9. The van der Waals surface area contributed by atoms with E-state index in [1.165, 1.54) is 0 Å². The summed E-state index contributed by atoms with van der Waals surface area (Å²) in [4.78, 5) is 64.2. The normalized spacial score (nSPS) is 18.4. The van der Waals surface area contributed by atoms with E-state index < -0.39 is 66.3 Å². The average molecular weight is 638 g/mol. The number of aryl methyl sites for hydroxylation is 1. The van der Waals surface area contributed by atoms with Crippen LogP contribution < -0.4 is 0 Å². The van der Waals surface area contributed by atoms with Crippen LogP contribution in [0.15, 0.2) is 94.7 Å². The molecule has 1 aliphatic rings. The Bertz CT molecular complexity index is 1520. The monoisotopic (exact) mass is 637 g/mol. The Hall–Kier alpha value is -4.72. The number of hydrogen-bond acceptors (Lipinski definition) is 8. The number of carboxylic acids is 4. The van der Waals surface area contributed by atoms with Crippen LogP contribution in [0.5, 0.6) is 0 Å². The van der Waals surface area contributed by atoms with Crippen LogP contribution >= 0.6 is 11.8 Å². The van der Waals surface area contributed by atoms with Crippen molar-refractivity contribution in [3.8, 4) is 0 Å². The molecule has 1 saturated heterocycles. The Morgan fingerprint density at radius 1 is 0.778 bits per heavy atom. The number of carbonyl (C=O) groups is 5. The maximum Gasteiger partial charge on any atom is 0.377 e. The number of rotatable bonds is 14. The Morgan fingerprint density at radius 3 is 1.84 bits per heavy atom. The first-order valence-corrected chi connectivity index (χ1v) is 14.7. The summed E-state index contributed by atoms with van der Waals surface area (Å²) in [6.07, 6.45) is -3.59. The molecule has 13 heteroatoms. The molecular formula is C32H31NO11S. The Labute approximate surface area is 262 Å². The Morgan fingerprint density at radius 2 is 1.31 bits per heavy atom. The highest BCUT2D eigenvalue weighted by Gasteiger charge is 2.64. The molecule has 0 spiro atoms. The minimum absolute atomic E-state index is 0.443. The molecule has 4 atom stereocenters. The molecule has 4 rings (SSSR count). The first-order valence-electron chi connectivity index (χ1n) is 13.9. The fraction of sp³-hybridized carbons (Fsp3) is 0.281. The van der Waals surface area contributed by atoms with Crippen LogP contribution in [0.4, 0.5) is 0 Å². The number of aliphatic carboxylic acids is 4. The van der Waals surface area contributed by atoms with Crippen LogP contribution in [0, 0.1) is 0 Å². The van der Waals surface area contributed by atoms with Crippen molar-refractivity contribution in [3.05, 3.63) is 96.1 Å². The van der Waals surface area contributed by atoms with Gasteiger partial charge in [0.2, 0.25) is 0 Å². The second-order valence-electron chi connectivity index (χ2n) is 10.4. The standard InChI is InChI=1S/C32H31NO11S/c1-19(33(18-25(34)35)28(36)26-27(29(37)38)44-32(43-26,30(39)40)31(41)42)24(17-12-20-8-4-2-5-9-20)21-13-15-23(16-14-21)45-22-10-6-3-7-11-22/h2-11,13-16,19,24,26-27H,12,17-18H2,1H3,(H,34,35)(H,37,38)(H,39,40)(H,41,42). The maximum absolute atomic E-state index is 13.8. The highest BCUT2D eigenvalue weighted by molar-refractivity contribution is 7.99. The SMILES string of the molecule is CC(C(CCc1ccccc1)c1ccc(Sc2ccccc2)cc1)N(CC(=O)O)C(=O)C1OC(C(=O)O)(C(=O)O)OC1C(=O)O. The number of benzene rings is 3. The predicted octanol–water partition coefficient (Wildman–Crippen LogP) is 3.59. The topological polar surface area (TPSA) is 188 Å². The van der Waals surface area contributed by atoms with Gasteiger partial charge in [0, 0.05) is 21.8 Å². The first kappa shape index (κ1) is 33.2. The molecule has 0 aromatic heterocycles. The molecule has 0 saturated carbocycles. The number of nitrogens with zero attached hydrogens (tertiary/aromatic N) is 1. The van der Waals surface area contributed by atoms with E-state index in [0.29, 0.717) is 12.8 Å². The van der Waals surface area contributed by atoms with Crippen molar-refractivity contribution in [1.82, 2.24) is 4.90 Å². The second kappa shape index (κ2) is 14.4. The van der Waals surface area contributed by atoms with E-state index in [0.717, 1.165) is 25.8 Å². The van der Waals surface area contributed by atoms with Gasteiger partial charge in [-0.3, -0.25) is 9.59 Å². The molecule has 3 aromatic rings. The van der Waals surface area contributed by atoms with Gasteiger partial charge in [0.15, 0.2) is 12.2 Å². The van der Waals surface area contributed by atoms with Gasteiger partial charge in [0.05, 0.1) is 0 Å². The molecule has 0 aliphatic carbocycles. The number of carbonyl (C=O) groups excluding carboxylic acids is 1. The summed E-state index contributed by atoms with van der Waals surface area (Å²) in [5.41, 5.74) is 1.76. The summed E-state index contributed by atoms with van der Waals surface area (Å²) in [5.74, 6) is -12.8. The van der Waals surface area contributed by atoms with Gasteiger partial charge in [-0.2, -0.15) is 0 Å². The molecule has 0 bridgehead atoms. The number of carboxylic acid groups (broad SMARTS) is 4. The van der Waals surface area contributed by atoms with Crippen LogP contribution in [0.1, 0.15) is 30.4 Å². The molecule has 1 fully saturated rings. The lowest BCUT2D eigenvalue weighted by Crippen LogP contribution is -2.53. The van der Waals surface area contributed by atoms with Crippen LogP contribution in [-0.4, -0.2) is 85.7 Å². The minimum atomic E-state index is -3.47. The lowest BCUT2D eigenvalue weighted by Gasteiger charge is -2.36. The Balaban J connectivity index is 1.68. The van der Waals surface area contributed by atoms with Crippen molar-refractivity contribution in [1.29, 1.82) is 0 Å². The minimum Gasteiger partial charge on any atom is -0.480 e. The maximum atomic E-state index is 13.8. The van der Waals surface area contributed by atoms with Crippen molar-refractivity contribution in [2.24, 2.45) is 0 Å². The van der Waals surface area contributed by atoms with Crippen LogP contribution in [0.25, 0.3) is 0 Å². The number of amides is 1. The fourth-order valence-corrected chi connectivity index (χ4v) is 6.01. The molecule has 3 aromatic carbocycles. The molecule has 4 unspecified atom stereocenters. The summed E-state index contributed by atoms with van der Waals surface area (Å²) < 4.78 is 9.81. The lowest BCUT2D eigenvalue weighted by molar-refractivity contribution is -0.221. The van der Waals surface area contributed by atoms with Crippen molar-refractivity contribution in [2.45, 2.75) is 59.5 Å². The molecule has 1 aliphatic heterocycles. The molecular weight excluding hydrogens is 606 g/mol. The largest absolute Gasteiger partial charge is 0.480 e. The van der Waals surface area contributed by atoms with E-state index in [-0.39, 0.29) is 0 Å². The van der Waals surface area contributed by atoms with Gasteiger partial charge >= 0.3 is 29.7 Å². The summed E-state index contributed by atoms with van der Waals surface area (Å²) in [7, 11) is 0. The van der Waals surface area contributed by atoms with E-state index in [9.17, 15) is 44.4 Å². The zero-order valence-electron chi connectivity index (χ0n) is 24.0. The van der Waals surface area contributed by atoms with Gasteiger partial charge in [0.1, 0.15) is 6.54 Å². The van der Waals surface area contributed by atoms with Crippen LogP contribution in [0.2, 0.25) is 0 Å². The lowest BCUT2D eigenvalue weighted by atomic mass is 9.85. The third-order valence-corrected chi connectivity index (χ3v) is 8.46. The third kappa shape index (κ3) is 7.69. The predicted molar refractivity (Wildman–Crippen MR) is 159 cm³/mol. The molecule has 12 nitrogen and oxygen atoms in total. The molecule has 4 N–H and O–H groups in total. The highest BCUT2D eigenvalue weighted by Crippen LogP contribution is 2.35. The van der Waals surface area contributed by atoms with E-state index in [4.69, 9.17) is 9.47 Å². The van der Waals surface area contributed by atoms with Crippen molar-refractivity contribution in [3.63, 3.8) is 0 Å². The van der Waals surface area contributed by atoms with E-state index in [2.05, 4.69) is 0 Å². The van der Waals surface area contributed by atoms with Crippen LogP contribution in [0.3, 0.4) is 0 Å². The van der Waals surface area contributed by atoms with Gasteiger partial charge in [-0.25, -0.2) is 14.4 Å². The second-order valence-corrected chi connectivity index (χ2v) is 11.5. The molecule has 45 heavy (non-hydrogen) atoms. The highest BCUT2D eigenvalue weighted by atomic mass is 32.2. The first-order chi connectivity index (χ1) is 21.4. The number of hydrogen-bond donors (Lipinski definition) is 4. The molecule has 1 heterocycles. The van der Waals surface area contributed by atoms with Gasteiger partial charge in [-0.15, -0.1) is 0 Å². The van der Waals surface area contributed by atoms with Gasteiger partial charge in [-0.05, 0) is 55.2 Å². The molecule has 236 valence electrons. The van der Waals surface area contributed by atoms with Gasteiger partial charge in [-0.1, -0.05) is 72.4 Å². The zero-order valence-corrected chi connectivity index (χ0v) is 24.8. The third-order valence-electron chi connectivity index (χ3n) is 7.45. The average Bonchev–Trinajstić information content (AvgIpc) is 3.45. The fourth-order valence-electron chi connectivity index (χ4n) is 5.17. The van der Waals surface area contributed by atoms with E-state index in [1.54, 1.807) is 18.7 Å². The summed E-state index contributed by atoms with van der Waals surface area (Å²) >= 11 is 1.55. The van der Waals surface area contributed by atoms with Crippen molar-refractivity contribution in [2.75, 3.05) is 6.54 Å². The quantitative estimate of drug-likeness (QED) is 0.188. The van der Waals surface area contributed by atoms with E-state index in [1.807, 2.05) is 84.9 Å². The molecule has 0 radical (unpaired) electrons. The van der Waals surface area contributed by atoms with Gasteiger partial charge < -0.3 is 34.8 Å². The van der Waals surface area contributed by atoms with Crippen LogP contribution in [-0.2, 0) is 39.9 Å². The van der Waals surface area contributed by atoms with E-state index >= 15 is 0 Å². The number of ether oxygens (including phenoxy) is 2. The van der Waals surface area contributed by atoms with Crippen molar-refractivity contribution < 1.29 is 53.9 Å². The summed E-state index contributed by atoms with van der Waals surface area (Å²) in [6.45, 7) is 0.694. The Kier molecular flexibility index (Phi) is 10.6. The smallest absolute Gasteiger partial charge is 0.377 e. The van der Waals surface area contributed by atoms with Gasteiger partial charge in [0.25, 0.3) is 5.91 Å². The summed E-state index contributed by atoms with van der Waals surface area (Å²) in [5, 5.41) is 38.4.